The van der Waals surface area contributed by atoms with Gasteiger partial charge in [-0.1, -0.05) is 15.9 Å². The van der Waals surface area contributed by atoms with Gasteiger partial charge in [0.25, 0.3) is 0 Å². The normalized spacial score (nSPS) is 16.6. The van der Waals surface area contributed by atoms with E-state index in [1.54, 1.807) is 29.2 Å². The fraction of sp³-hybridized carbons (Fsp3) is 0.211. The summed E-state index contributed by atoms with van der Waals surface area (Å²) in [5, 5.41) is 11.7. The topological polar surface area (TPSA) is 73.2 Å². The Morgan fingerprint density at radius 1 is 1.28 bits per heavy atom. The Morgan fingerprint density at radius 2 is 2.00 bits per heavy atom. The van der Waals surface area contributed by atoms with Crippen molar-refractivity contribution in [3.8, 4) is 6.07 Å². The molecule has 5 nitrogen and oxygen atoms in total. The Morgan fingerprint density at radius 3 is 2.64 bits per heavy atom. The van der Waals surface area contributed by atoms with Crippen LogP contribution in [0.25, 0.3) is 0 Å². The summed E-state index contributed by atoms with van der Waals surface area (Å²) in [5.41, 5.74) is 2.99. The summed E-state index contributed by atoms with van der Waals surface area (Å²) in [5.74, 6) is -0.643. The molecule has 1 saturated heterocycles. The summed E-state index contributed by atoms with van der Waals surface area (Å²) in [6.07, 6.45) is 0.182. The van der Waals surface area contributed by atoms with Crippen LogP contribution in [-0.4, -0.2) is 18.4 Å². The zero-order chi connectivity index (χ0) is 18.0. The van der Waals surface area contributed by atoms with Crippen molar-refractivity contribution in [2.75, 3.05) is 16.8 Å². The summed E-state index contributed by atoms with van der Waals surface area (Å²) in [6.45, 7) is 2.29. The molecule has 2 amide bonds. The molecular weight excluding hydrogens is 382 g/mol. The fourth-order valence-corrected chi connectivity index (χ4v) is 3.06. The quantitative estimate of drug-likeness (QED) is 0.859. The molecule has 126 valence electrons. The standard InChI is InChI=1S/C19H16BrN3O2/c1-12-8-15(4-7-17(12)20)22-19(25)14-9-18(24)23(11-14)16-5-2-13(10-21)3-6-16/h2-8,14H,9,11H2,1H3,(H,22,25). The first-order valence-corrected chi connectivity index (χ1v) is 8.65. The number of aryl methyl sites for hydroxylation is 1. The fourth-order valence-electron chi connectivity index (χ4n) is 2.82. The van der Waals surface area contributed by atoms with Gasteiger partial charge in [0.2, 0.25) is 11.8 Å². The van der Waals surface area contributed by atoms with Crippen LogP contribution in [0.2, 0.25) is 0 Å². The van der Waals surface area contributed by atoms with Crippen LogP contribution in [0.15, 0.2) is 46.9 Å². The number of hydrogen-bond donors (Lipinski definition) is 1. The van der Waals surface area contributed by atoms with Crippen molar-refractivity contribution < 1.29 is 9.59 Å². The van der Waals surface area contributed by atoms with Gasteiger partial charge in [-0.25, -0.2) is 0 Å². The minimum absolute atomic E-state index is 0.0863. The van der Waals surface area contributed by atoms with E-state index in [0.717, 1.165) is 15.7 Å². The molecule has 1 unspecified atom stereocenters. The Balaban J connectivity index is 1.69. The monoisotopic (exact) mass is 397 g/mol. The third-order valence-corrected chi connectivity index (χ3v) is 5.12. The van der Waals surface area contributed by atoms with E-state index in [1.807, 2.05) is 31.2 Å². The lowest BCUT2D eigenvalue weighted by atomic mass is 10.1. The van der Waals surface area contributed by atoms with Crippen molar-refractivity contribution >= 4 is 39.1 Å². The van der Waals surface area contributed by atoms with Crippen molar-refractivity contribution in [1.82, 2.24) is 0 Å². The van der Waals surface area contributed by atoms with Gasteiger partial charge < -0.3 is 10.2 Å². The predicted octanol–water partition coefficient (Wildman–Crippen LogP) is 3.62. The van der Waals surface area contributed by atoms with Crippen LogP contribution in [-0.2, 0) is 9.59 Å². The maximum absolute atomic E-state index is 12.5. The number of benzene rings is 2. The highest BCUT2D eigenvalue weighted by molar-refractivity contribution is 9.10. The van der Waals surface area contributed by atoms with E-state index in [0.29, 0.717) is 17.8 Å². The Labute approximate surface area is 154 Å². The largest absolute Gasteiger partial charge is 0.326 e. The molecule has 3 rings (SSSR count). The van der Waals surface area contributed by atoms with Crippen LogP contribution in [0, 0.1) is 24.2 Å². The van der Waals surface area contributed by atoms with Gasteiger partial charge in [-0.05, 0) is 55.0 Å². The highest BCUT2D eigenvalue weighted by Gasteiger charge is 2.35. The van der Waals surface area contributed by atoms with Crippen LogP contribution >= 0.6 is 15.9 Å². The molecule has 1 atom stereocenters. The summed E-state index contributed by atoms with van der Waals surface area (Å²) < 4.78 is 0.980. The molecule has 0 bridgehead atoms. The molecule has 0 aromatic heterocycles. The molecule has 25 heavy (non-hydrogen) atoms. The number of hydrogen-bond acceptors (Lipinski definition) is 3. The lowest BCUT2D eigenvalue weighted by Gasteiger charge is -2.17. The number of nitrogens with one attached hydrogen (secondary N) is 1. The first-order chi connectivity index (χ1) is 12.0. The maximum atomic E-state index is 12.5. The van der Waals surface area contributed by atoms with Gasteiger partial charge in [0.1, 0.15) is 0 Å². The van der Waals surface area contributed by atoms with Crippen LogP contribution in [0.4, 0.5) is 11.4 Å². The van der Waals surface area contributed by atoms with Crippen molar-refractivity contribution in [3.05, 3.63) is 58.1 Å². The predicted molar refractivity (Wildman–Crippen MR) is 99.1 cm³/mol. The van der Waals surface area contributed by atoms with E-state index in [9.17, 15) is 9.59 Å². The number of carbonyl (C=O) groups is 2. The highest BCUT2D eigenvalue weighted by Crippen LogP contribution is 2.27. The number of nitrogens with zero attached hydrogens (tertiary/aromatic N) is 2. The van der Waals surface area contributed by atoms with Crippen molar-refractivity contribution in [1.29, 1.82) is 5.26 Å². The van der Waals surface area contributed by atoms with E-state index >= 15 is 0 Å². The number of carbonyl (C=O) groups excluding carboxylic acids is 2. The number of halogens is 1. The van der Waals surface area contributed by atoms with Crippen LogP contribution in [0.5, 0.6) is 0 Å². The number of rotatable bonds is 3. The van der Waals surface area contributed by atoms with Gasteiger partial charge >= 0.3 is 0 Å². The number of nitriles is 1. The second-order valence-corrected chi connectivity index (χ2v) is 6.87. The number of anilines is 2. The number of amides is 2. The molecule has 2 aromatic carbocycles. The van der Waals surface area contributed by atoms with Gasteiger partial charge in [-0.3, -0.25) is 9.59 Å². The van der Waals surface area contributed by atoms with Crippen LogP contribution < -0.4 is 10.2 Å². The molecule has 1 aliphatic rings. The minimum atomic E-state index is -0.396. The molecule has 0 aliphatic carbocycles. The molecule has 2 aromatic rings. The molecule has 0 spiro atoms. The van der Waals surface area contributed by atoms with E-state index in [1.165, 1.54) is 0 Å². The van der Waals surface area contributed by atoms with Gasteiger partial charge in [0, 0.05) is 28.8 Å². The van der Waals surface area contributed by atoms with Crippen LogP contribution in [0.3, 0.4) is 0 Å². The summed E-state index contributed by atoms with van der Waals surface area (Å²) in [4.78, 5) is 26.4. The lowest BCUT2D eigenvalue weighted by molar-refractivity contribution is -0.122. The van der Waals surface area contributed by atoms with E-state index in [2.05, 4.69) is 21.2 Å². The van der Waals surface area contributed by atoms with Crippen molar-refractivity contribution in [2.45, 2.75) is 13.3 Å². The second kappa shape index (κ2) is 7.08. The minimum Gasteiger partial charge on any atom is -0.326 e. The Bertz CT molecular complexity index is 871. The van der Waals surface area contributed by atoms with Crippen molar-refractivity contribution in [2.24, 2.45) is 5.92 Å². The second-order valence-electron chi connectivity index (χ2n) is 6.02. The Kier molecular flexibility index (Phi) is 4.86. The van der Waals surface area contributed by atoms with E-state index < -0.39 is 5.92 Å². The molecule has 0 radical (unpaired) electrons. The zero-order valence-electron chi connectivity index (χ0n) is 13.6. The van der Waals surface area contributed by atoms with Gasteiger partial charge in [0.05, 0.1) is 17.6 Å². The molecule has 1 N–H and O–H groups in total. The first kappa shape index (κ1) is 17.2. The maximum Gasteiger partial charge on any atom is 0.229 e. The summed E-state index contributed by atoms with van der Waals surface area (Å²) in [7, 11) is 0. The third kappa shape index (κ3) is 3.72. The van der Waals surface area contributed by atoms with Gasteiger partial charge in [0.15, 0.2) is 0 Å². The molecule has 6 heteroatoms. The van der Waals surface area contributed by atoms with Crippen molar-refractivity contribution in [3.63, 3.8) is 0 Å². The van der Waals surface area contributed by atoms with Gasteiger partial charge in [-0.15, -0.1) is 0 Å². The lowest BCUT2D eigenvalue weighted by Crippen LogP contribution is -2.28. The molecular formula is C19H16BrN3O2. The molecule has 1 aliphatic heterocycles. The first-order valence-electron chi connectivity index (χ1n) is 7.85. The average Bonchev–Trinajstić information content (AvgIpc) is 3.00. The third-order valence-electron chi connectivity index (χ3n) is 4.23. The summed E-state index contributed by atoms with van der Waals surface area (Å²) in [6, 6.07) is 14.4. The van der Waals surface area contributed by atoms with Gasteiger partial charge in [-0.2, -0.15) is 5.26 Å². The zero-order valence-corrected chi connectivity index (χ0v) is 15.2. The summed E-state index contributed by atoms with van der Waals surface area (Å²) >= 11 is 3.43. The van der Waals surface area contributed by atoms with E-state index in [-0.39, 0.29) is 18.2 Å². The van der Waals surface area contributed by atoms with Crippen LogP contribution in [0.1, 0.15) is 17.5 Å². The SMILES string of the molecule is Cc1cc(NC(=O)C2CC(=O)N(c3ccc(C#N)cc3)C2)ccc1Br. The molecule has 1 fully saturated rings. The smallest absolute Gasteiger partial charge is 0.229 e. The average molecular weight is 398 g/mol. The highest BCUT2D eigenvalue weighted by atomic mass is 79.9. The molecule has 1 heterocycles. The molecule has 0 saturated carbocycles. The van der Waals surface area contributed by atoms with E-state index in [4.69, 9.17) is 5.26 Å². The Hall–Kier alpha value is -2.65.